The van der Waals surface area contributed by atoms with Crippen LogP contribution in [0.3, 0.4) is 0 Å². The summed E-state index contributed by atoms with van der Waals surface area (Å²) in [5.41, 5.74) is 10.2. The fraction of sp³-hybridized carbons (Fsp3) is 0.300. The molecular formula is C30H33ClN6O3. The lowest BCUT2D eigenvalue weighted by Gasteiger charge is -2.28. The number of rotatable bonds is 8. The number of nitrogens with one attached hydrogen (secondary N) is 2. The van der Waals surface area contributed by atoms with Crippen molar-refractivity contribution in [2.45, 2.75) is 57.6 Å². The van der Waals surface area contributed by atoms with Crippen LogP contribution < -0.4 is 20.8 Å². The summed E-state index contributed by atoms with van der Waals surface area (Å²) in [5.74, 6) is 5.22. The highest BCUT2D eigenvalue weighted by Gasteiger charge is 2.25. The summed E-state index contributed by atoms with van der Waals surface area (Å²) in [5, 5.41) is 9.23. The normalized spacial score (nSPS) is 14.7. The monoisotopic (exact) mass is 560 g/mol. The van der Waals surface area contributed by atoms with E-state index in [1.807, 2.05) is 12.1 Å². The molecule has 10 heteroatoms. The van der Waals surface area contributed by atoms with E-state index in [-0.39, 0.29) is 18.4 Å². The average Bonchev–Trinajstić information content (AvgIpc) is 3.00. The minimum Gasteiger partial charge on any atom is -0.481 e. The van der Waals surface area contributed by atoms with E-state index < -0.39 is 12.0 Å². The number of guanidine groups is 1. The Kier molecular flexibility index (Phi) is 9.86. The van der Waals surface area contributed by atoms with Gasteiger partial charge in [0.1, 0.15) is 5.75 Å². The zero-order valence-corrected chi connectivity index (χ0v) is 23.1. The third kappa shape index (κ3) is 7.45. The van der Waals surface area contributed by atoms with Crippen LogP contribution in [0.1, 0.15) is 66.4 Å². The first-order valence-corrected chi connectivity index (χ1v) is 13.6. The SMILES string of the molecule is CC(Oc1ccc(Cl)cc1)C(=O)N(Cc1ccc(C(=O)N/C(N=N)=N/N)cc1)c1ccc(C2CCCCC2)cc1. The van der Waals surface area contributed by atoms with E-state index in [1.54, 1.807) is 60.4 Å². The van der Waals surface area contributed by atoms with Gasteiger partial charge < -0.3 is 15.5 Å². The van der Waals surface area contributed by atoms with E-state index >= 15 is 0 Å². The van der Waals surface area contributed by atoms with Crippen LogP contribution in [0, 0.1) is 5.53 Å². The summed E-state index contributed by atoms with van der Waals surface area (Å²) in [4.78, 5) is 27.8. The Balaban J connectivity index is 1.55. The molecule has 0 bridgehead atoms. The molecule has 1 aliphatic rings. The molecule has 3 aromatic carbocycles. The smallest absolute Gasteiger partial charge is 0.268 e. The summed E-state index contributed by atoms with van der Waals surface area (Å²) >= 11 is 5.99. The lowest BCUT2D eigenvalue weighted by atomic mass is 9.84. The number of nitrogens with two attached hydrogens (primary N) is 1. The second-order valence-electron chi connectivity index (χ2n) is 9.78. The van der Waals surface area contributed by atoms with Gasteiger partial charge >= 0.3 is 0 Å². The quantitative estimate of drug-likeness (QED) is 0.0968. The Hall–Kier alpha value is -4.24. The van der Waals surface area contributed by atoms with Gasteiger partial charge in [0, 0.05) is 16.3 Å². The average molecular weight is 561 g/mol. The van der Waals surface area contributed by atoms with Gasteiger partial charge in [-0.1, -0.05) is 55.1 Å². The molecule has 0 spiro atoms. The van der Waals surface area contributed by atoms with Gasteiger partial charge in [0.05, 0.1) is 6.54 Å². The zero-order valence-electron chi connectivity index (χ0n) is 22.3. The molecule has 3 aromatic rings. The van der Waals surface area contributed by atoms with Crippen molar-refractivity contribution in [1.29, 1.82) is 5.53 Å². The second kappa shape index (κ2) is 13.7. The molecule has 1 fully saturated rings. The van der Waals surface area contributed by atoms with Crippen LogP contribution in [-0.4, -0.2) is 23.9 Å². The summed E-state index contributed by atoms with van der Waals surface area (Å²) in [7, 11) is 0. The van der Waals surface area contributed by atoms with Crippen molar-refractivity contribution in [3.05, 3.63) is 94.5 Å². The summed E-state index contributed by atoms with van der Waals surface area (Å²) in [6.07, 6.45) is 5.44. The molecule has 0 heterocycles. The third-order valence-corrected chi connectivity index (χ3v) is 7.28. The molecule has 1 saturated carbocycles. The molecule has 1 aliphatic carbocycles. The molecule has 4 N–H and O–H groups in total. The first-order valence-electron chi connectivity index (χ1n) is 13.3. The predicted octanol–water partition coefficient (Wildman–Crippen LogP) is 6.38. The topological polar surface area (TPSA) is 133 Å². The third-order valence-electron chi connectivity index (χ3n) is 7.03. The number of carbonyl (C=O) groups excluding carboxylic acids is 2. The summed E-state index contributed by atoms with van der Waals surface area (Å²) < 4.78 is 5.95. The predicted molar refractivity (Wildman–Crippen MR) is 156 cm³/mol. The molecule has 40 heavy (non-hydrogen) atoms. The largest absolute Gasteiger partial charge is 0.481 e. The maximum atomic E-state index is 13.7. The Bertz CT molecular complexity index is 1340. The van der Waals surface area contributed by atoms with Crippen LogP contribution in [0.15, 0.2) is 83.0 Å². The number of amides is 2. The molecular weight excluding hydrogens is 528 g/mol. The van der Waals surface area contributed by atoms with E-state index in [4.69, 9.17) is 27.7 Å². The molecule has 0 aromatic heterocycles. The number of anilines is 1. The van der Waals surface area contributed by atoms with Crippen LogP contribution in [0.5, 0.6) is 5.75 Å². The molecule has 0 aliphatic heterocycles. The number of hydrazone groups is 1. The molecule has 208 valence electrons. The molecule has 1 unspecified atom stereocenters. The van der Waals surface area contributed by atoms with Crippen molar-refractivity contribution < 1.29 is 14.3 Å². The lowest BCUT2D eigenvalue weighted by molar-refractivity contribution is -0.124. The maximum absolute atomic E-state index is 13.7. The highest BCUT2D eigenvalue weighted by Crippen LogP contribution is 2.33. The molecule has 0 radical (unpaired) electrons. The van der Waals surface area contributed by atoms with Crippen molar-refractivity contribution in [2.75, 3.05) is 4.90 Å². The van der Waals surface area contributed by atoms with Gasteiger partial charge in [0.15, 0.2) is 6.10 Å². The van der Waals surface area contributed by atoms with Crippen LogP contribution in [0.2, 0.25) is 5.02 Å². The fourth-order valence-electron chi connectivity index (χ4n) is 4.85. The number of hydrogen-bond acceptors (Lipinski definition) is 6. The van der Waals surface area contributed by atoms with Gasteiger partial charge in [0.2, 0.25) is 0 Å². The van der Waals surface area contributed by atoms with Crippen molar-refractivity contribution in [3.8, 4) is 5.75 Å². The van der Waals surface area contributed by atoms with Crippen molar-refractivity contribution in [2.24, 2.45) is 16.1 Å². The van der Waals surface area contributed by atoms with E-state index in [2.05, 4.69) is 27.7 Å². The van der Waals surface area contributed by atoms with E-state index in [1.165, 1.54) is 37.7 Å². The van der Waals surface area contributed by atoms with Gasteiger partial charge in [-0.05, 0) is 85.3 Å². The highest BCUT2D eigenvalue weighted by atomic mass is 35.5. The number of nitrogens with zero attached hydrogens (tertiary/aromatic N) is 3. The number of halogens is 1. The van der Waals surface area contributed by atoms with Crippen molar-refractivity contribution >= 4 is 35.1 Å². The highest BCUT2D eigenvalue weighted by molar-refractivity contribution is 6.30. The number of carbonyl (C=O) groups is 2. The zero-order chi connectivity index (χ0) is 28.5. The fourth-order valence-corrected chi connectivity index (χ4v) is 4.98. The summed E-state index contributed by atoms with van der Waals surface area (Å²) in [6, 6.07) is 21.9. The van der Waals surface area contributed by atoms with Crippen molar-refractivity contribution in [3.63, 3.8) is 0 Å². The molecule has 2 amide bonds. The first kappa shape index (κ1) is 28.8. The number of ether oxygens (including phenoxy) is 1. The lowest BCUT2D eigenvalue weighted by Crippen LogP contribution is -2.40. The molecule has 4 rings (SSSR count). The Morgan fingerprint density at radius 2 is 1.68 bits per heavy atom. The Morgan fingerprint density at radius 1 is 1.02 bits per heavy atom. The minimum absolute atomic E-state index is 0.206. The Morgan fingerprint density at radius 3 is 2.27 bits per heavy atom. The van der Waals surface area contributed by atoms with Gasteiger partial charge in [0.25, 0.3) is 17.8 Å². The maximum Gasteiger partial charge on any atom is 0.268 e. The van der Waals surface area contributed by atoms with Crippen LogP contribution in [0.4, 0.5) is 5.69 Å². The molecule has 9 nitrogen and oxygen atoms in total. The minimum atomic E-state index is -0.758. The summed E-state index contributed by atoms with van der Waals surface area (Å²) in [6.45, 7) is 2.00. The molecule has 1 atom stereocenters. The first-order chi connectivity index (χ1) is 19.4. The van der Waals surface area contributed by atoms with Gasteiger partial charge in [-0.15, -0.1) is 10.2 Å². The second-order valence-corrected chi connectivity index (χ2v) is 10.2. The Labute approximate surface area is 238 Å². The van der Waals surface area contributed by atoms with Gasteiger partial charge in [-0.25, -0.2) is 5.53 Å². The van der Waals surface area contributed by atoms with E-state index in [0.717, 1.165) is 11.3 Å². The standard InChI is InChI=1S/C30H33ClN6O3/c1-20(40-27-17-13-25(31)14-18-27)29(39)37(26-15-11-23(12-16-26)22-5-3-2-4-6-22)19-21-7-9-24(10-8-21)28(38)34-30(35-32)36-33/h7-18,20,22,32H,2-6,19,33H2,1H3,(H,34,36,38). The van der Waals surface area contributed by atoms with Crippen LogP contribution >= 0.6 is 11.6 Å². The van der Waals surface area contributed by atoms with Crippen molar-refractivity contribution in [1.82, 2.24) is 5.32 Å². The van der Waals surface area contributed by atoms with E-state index in [0.29, 0.717) is 22.3 Å². The van der Waals surface area contributed by atoms with Gasteiger partial charge in [-0.3, -0.25) is 14.9 Å². The van der Waals surface area contributed by atoms with Crippen LogP contribution in [-0.2, 0) is 11.3 Å². The van der Waals surface area contributed by atoms with Crippen LogP contribution in [0.25, 0.3) is 0 Å². The van der Waals surface area contributed by atoms with Gasteiger partial charge in [-0.2, -0.15) is 0 Å². The van der Waals surface area contributed by atoms with E-state index in [9.17, 15) is 9.59 Å². The molecule has 0 saturated heterocycles. The number of benzene rings is 3. The number of hydrogen-bond donors (Lipinski definition) is 3.